The third kappa shape index (κ3) is 6.12. The van der Waals surface area contributed by atoms with Crippen molar-refractivity contribution in [3.8, 4) is 0 Å². The van der Waals surface area contributed by atoms with Crippen molar-refractivity contribution >= 4 is 17.6 Å². The van der Waals surface area contributed by atoms with Gasteiger partial charge in [0.05, 0.1) is 18.2 Å². The second-order valence-corrected chi connectivity index (χ2v) is 6.71. The van der Waals surface area contributed by atoms with Gasteiger partial charge in [-0.2, -0.15) is 0 Å². The van der Waals surface area contributed by atoms with Crippen LogP contribution in [-0.4, -0.2) is 63.7 Å². The summed E-state index contributed by atoms with van der Waals surface area (Å²) in [7, 11) is 3.67. The van der Waals surface area contributed by atoms with E-state index >= 15 is 0 Å². The van der Waals surface area contributed by atoms with Crippen molar-refractivity contribution in [2.24, 2.45) is 10.9 Å². The van der Waals surface area contributed by atoms with Crippen LogP contribution in [0.15, 0.2) is 29.3 Å². The fraction of sp³-hybridized carbons (Fsp3) is 0.600. The number of benzene rings is 1. The van der Waals surface area contributed by atoms with E-state index in [0.717, 1.165) is 51.4 Å². The number of carbonyl (C=O) groups excluding carboxylic acids is 1. The molecule has 0 unspecified atom stereocenters. The molecule has 1 aliphatic rings. The number of anilines is 1. The van der Waals surface area contributed by atoms with Gasteiger partial charge in [0.25, 0.3) is 0 Å². The van der Waals surface area contributed by atoms with Gasteiger partial charge in [0, 0.05) is 40.3 Å². The van der Waals surface area contributed by atoms with Crippen LogP contribution in [0, 0.1) is 11.7 Å². The topological polar surface area (TPSA) is 57.2 Å². The molecule has 1 heterocycles. The highest BCUT2D eigenvalue weighted by atomic mass is 19.1. The Labute approximate surface area is 161 Å². The first-order chi connectivity index (χ1) is 13.1. The summed E-state index contributed by atoms with van der Waals surface area (Å²) in [5.74, 6) is 0.559. The van der Waals surface area contributed by atoms with Crippen LogP contribution in [0.3, 0.4) is 0 Å². The Bertz CT molecular complexity index is 630. The van der Waals surface area contributed by atoms with E-state index in [4.69, 9.17) is 4.74 Å². The lowest BCUT2D eigenvalue weighted by molar-refractivity contribution is -0.149. The summed E-state index contributed by atoms with van der Waals surface area (Å²) in [5, 5.41) is 3.37. The smallest absolute Gasteiger partial charge is 0.309 e. The molecule has 1 aromatic carbocycles. The van der Waals surface area contributed by atoms with Gasteiger partial charge in [0.15, 0.2) is 5.96 Å². The van der Waals surface area contributed by atoms with Crippen molar-refractivity contribution in [2.75, 3.05) is 51.8 Å². The Kier molecular flexibility index (Phi) is 8.36. The Morgan fingerprint density at radius 2 is 2.07 bits per heavy atom. The third-order valence-corrected chi connectivity index (χ3v) is 4.84. The summed E-state index contributed by atoms with van der Waals surface area (Å²) in [6.07, 6.45) is 2.44. The molecule has 150 valence electrons. The number of aliphatic imine (C=N–C) groups is 1. The normalized spacial score (nSPS) is 15.6. The maximum Gasteiger partial charge on any atom is 0.309 e. The van der Waals surface area contributed by atoms with Crippen molar-refractivity contribution in [1.82, 2.24) is 10.2 Å². The van der Waals surface area contributed by atoms with E-state index in [-0.39, 0.29) is 17.7 Å². The molecule has 0 spiro atoms. The van der Waals surface area contributed by atoms with Crippen molar-refractivity contribution < 1.29 is 13.9 Å². The van der Waals surface area contributed by atoms with E-state index in [1.807, 2.05) is 24.9 Å². The average Bonchev–Trinajstić information content (AvgIpc) is 2.68. The fourth-order valence-corrected chi connectivity index (χ4v) is 3.32. The van der Waals surface area contributed by atoms with Crippen LogP contribution >= 0.6 is 0 Å². The molecule has 2 rings (SSSR count). The second-order valence-electron chi connectivity index (χ2n) is 6.71. The van der Waals surface area contributed by atoms with Crippen LogP contribution < -0.4 is 10.2 Å². The van der Waals surface area contributed by atoms with E-state index in [9.17, 15) is 9.18 Å². The summed E-state index contributed by atoms with van der Waals surface area (Å²) < 4.78 is 18.9. The van der Waals surface area contributed by atoms with Crippen molar-refractivity contribution in [3.63, 3.8) is 0 Å². The number of halogens is 1. The zero-order valence-corrected chi connectivity index (χ0v) is 16.6. The van der Waals surface area contributed by atoms with E-state index in [0.29, 0.717) is 12.3 Å². The number of carbonyl (C=O) groups is 1. The fourth-order valence-electron chi connectivity index (χ4n) is 3.32. The molecule has 0 aromatic heterocycles. The molecule has 0 atom stereocenters. The van der Waals surface area contributed by atoms with E-state index in [1.54, 1.807) is 19.2 Å². The van der Waals surface area contributed by atoms with Gasteiger partial charge in [0.1, 0.15) is 5.82 Å². The minimum Gasteiger partial charge on any atom is -0.466 e. The van der Waals surface area contributed by atoms with Gasteiger partial charge in [-0.3, -0.25) is 9.79 Å². The molecule has 1 saturated heterocycles. The summed E-state index contributed by atoms with van der Waals surface area (Å²) in [6, 6.07) is 6.81. The number of hydrogen-bond donors (Lipinski definition) is 1. The molecule has 1 N–H and O–H groups in total. The number of rotatable bonds is 7. The van der Waals surface area contributed by atoms with E-state index < -0.39 is 0 Å². The molecule has 1 aliphatic heterocycles. The monoisotopic (exact) mass is 378 g/mol. The van der Waals surface area contributed by atoms with Crippen LogP contribution in [0.2, 0.25) is 0 Å². The summed E-state index contributed by atoms with van der Waals surface area (Å²) in [4.78, 5) is 20.3. The van der Waals surface area contributed by atoms with Crippen molar-refractivity contribution in [1.29, 1.82) is 0 Å². The Balaban J connectivity index is 1.72. The average molecular weight is 378 g/mol. The number of hydrogen-bond acceptors (Lipinski definition) is 4. The number of esters is 1. The van der Waals surface area contributed by atoms with Crippen LogP contribution in [0.4, 0.5) is 10.1 Å². The van der Waals surface area contributed by atoms with Gasteiger partial charge in [-0.1, -0.05) is 12.1 Å². The number of likely N-dealkylation sites (tertiary alicyclic amines) is 1. The lowest BCUT2D eigenvalue weighted by Crippen LogP contribution is -2.47. The number of guanidine groups is 1. The maximum absolute atomic E-state index is 13.8. The molecule has 1 aromatic rings. The van der Waals surface area contributed by atoms with Gasteiger partial charge in [-0.15, -0.1) is 0 Å². The lowest BCUT2D eigenvalue weighted by atomic mass is 9.97. The third-order valence-electron chi connectivity index (χ3n) is 4.84. The highest BCUT2D eigenvalue weighted by Gasteiger charge is 2.27. The minimum absolute atomic E-state index is 0.00581. The van der Waals surface area contributed by atoms with Gasteiger partial charge >= 0.3 is 5.97 Å². The number of nitrogens with zero attached hydrogens (tertiary/aromatic N) is 3. The zero-order valence-electron chi connectivity index (χ0n) is 16.6. The van der Waals surface area contributed by atoms with Gasteiger partial charge in [-0.25, -0.2) is 4.39 Å². The molecular formula is C20H31FN4O2. The molecule has 0 amide bonds. The zero-order chi connectivity index (χ0) is 19.6. The van der Waals surface area contributed by atoms with Crippen LogP contribution in [-0.2, 0) is 9.53 Å². The quantitative estimate of drug-likeness (QED) is 0.342. The predicted octanol–water partition coefficient (Wildman–Crippen LogP) is 2.50. The maximum atomic E-state index is 13.8. The first-order valence-corrected chi connectivity index (χ1v) is 9.64. The number of nitrogens with one attached hydrogen (secondary N) is 1. The summed E-state index contributed by atoms with van der Waals surface area (Å²) in [5.41, 5.74) is 0.614. The van der Waals surface area contributed by atoms with Crippen molar-refractivity contribution in [2.45, 2.75) is 26.2 Å². The number of ether oxygens (including phenoxy) is 1. The molecule has 7 heteroatoms. The molecular weight excluding hydrogens is 347 g/mol. The second kappa shape index (κ2) is 10.7. The Morgan fingerprint density at radius 1 is 1.37 bits per heavy atom. The van der Waals surface area contributed by atoms with Gasteiger partial charge < -0.3 is 19.9 Å². The highest BCUT2D eigenvalue weighted by molar-refractivity contribution is 5.80. The van der Waals surface area contributed by atoms with E-state index in [1.165, 1.54) is 6.07 Å². The van der Waals surface area contributed by atoms with E-state index in [2.05, 4.69) is 15.2 Å². The van der Waals surface area contributed by atoms with Crippen molar-refractivity contribution in [3.05, 3.63) is 30.1 Å². The number of piperidine rings is 1. The summed E-state index contributed by atoms with van der Waals surface area (Å²) >= 11 is 0. The standard InChI is InChI=1S/C20H31FN4O2/c1-4-27-19(26)16-10-14-25(15-11-16)20(22-2)23-12-7-13-24(3)18-9-6-5-8-17(18)21/h5-6,8-9,16H,4,7,10-15H2,1-3H3,(H,22,23). The number of para-hydroxylation sites is 1. The Hall–Kier alpha value is -2.31. The Morgan fingerprint density at radius 3 is 2.70 bits per heavy atom. The molecule has 27 heavy (non-hydrogen) atoms. The lowest BCUT2D eigenvalue weighted by Gasteiger charge is -2.33. The molecule has 1 fully saturated rings. The van der Waals surface area contributed by atoms with Gasteiger partial charge in [0.2, 0.25) is 0 Å². The molecule has 6 nitrogen and oxygen atoms in total. The van der Waals surface area contributed by atoms with Gasteiger partial charge in [-0.05, 0) is 38.3 Å². The molecule has 0 bridgehead atoms. The van der Waals surface area contributed by atoms with Crippen LogP contribution in [0.5, 0.6) is 0 Å². The molecule has 0 radical (unpaired) electrons. The highest BCUT2D eigenvalue weighted by Crippen LogP contribution is 2.19. The van der Waals surface area contributed by atoms with Crippen LogP contribution in [0.1, 0.15) is 26.2 Å². The molecule has 0 saturated carbocycles. The minimum atomic E-state index is -0.201. The first kappa shape index (κ1) is 21.0. The largest absolute Gasteiger partial charge is 0.466 e. The predicted molar refractivity (Wildman–Crippen MR) is 107 cm³/mol. The SMILES string of the molecule is CCOC(=O)C1CCN(C(=NC)NCCCN(C)c2ccccc2F)CC1. The van der Waals surface area contributed by atoms with Crippen LogP contribution in [0.25, 0.3) is 0 Å². The first-order valence-electron chi connectivity index (χ1n) is 9.64. The summed E-state index contributed by atoms with van der Waals surface area (Å²) in [6.45, 7) is 5.35. The molecule has 0 aliphatic carbocycles.